The van der Waals surface area contributed by atoms with Crippen LogP contribution in [-0.2, 0) is 0 Å². The molecule has 0 bridgehead atoms. The standard InChI is InChI=1S/C11H18ClN5O/c1-16(2)5-7-3-8(18)6-17(7)10-9(13)4-14-11(12)15-10/h4,7-8,18H,3,5-6,13H2,1-2H3. The molecule has 0 aromatic carbocycles. The summed E-state index contributed by atoms with van der Waals surface area (Å²) in [6, 6.07) is 0.184. The molecule has 1 aliphatic rings. The topological polar surface area (TPSA) is 78.5 Å². The number of nitrogens with two attached hydrogens (primary N) is 1. The number of nitrogens with zero attached hydrogens (tertiary/aromatic N) is 4. The van der Waals surface area contributed by atoms with Crippen molar-refractivity contribution in [1.29, 1.82) is 0 Å². The van der Waals surface area contributed by atoms with Crippen molar-refractivity contribution in [2.45, 2.75) is 18.6 Å². The number of anilines is 2. The molecule has 3 N–H and O–H groups in total. The molecule has 0 spiro atoms. The number of hydrogen-bond acceptors (Lipinski definition) is 6. The molecule has 1 aromatic heterocycles. The van der Waals surface area contributed by atoms with Gasteiger partial charge in [-0.2, -0.15) is 4.98 Å². The fourth-order valence-electron chi connectivity index (χ4n) is 2.34. The Morgan fingerprint density at radius 2 is 2.33 bits per heavy atom. The first kappa shape index (κ1) is 13.3. The van der Waals surface area contributed by atoms with E-state index < -0.39 is 0 Å². The van der Waals surface area contributed by atoms with E-state index in [2.05, 4.69) is 14.9 Å². The van der Waals surface area contributed by atoms with Crippen LogP contribution in [0.5, 0.6) is 0 Å². The number of aliphatic hydroxyl groups is 1. The Bertz CT molecular complexity index is 428. The molecule has 1 fully saturated rings. The van der Waals surface area contributed by atoms with E-state index in [0.717, 1.165) is 6.54 Å². The molecule has 1 aliphatic heterocycles. The summed E-state index contributed by atoms with van der Waals surface area (Å²) in [5.41, 5.74) is 6.37. The third kappa shape index (κ3) is 2.82. The minimum Gasteiger partial charge on any atom is -0.394 e. The van der Waals surface area contributed by atoms with Gasteiger partial charge in [0.25, 0.3) is 0 Å². The van der Waals surface area contributed by atoms with Crippen molar-refractivity contribution >= 4 is 23.1 Å². The normalized spacial score (nSPS) is 23.9. The van der Waals surface area contributed by atoms with Gasteiger partial charge < -0.3 is 20.6 Å². The van der Waals surface area contributed by atoms with E-state index in [9.17, 15) is 5.11 Å². The summed E-state index contributed by atoms with van der Waals surface area (Å²) in [5, 5.41) is 10.00. The first-order valence-corrected chi connectivity index (χ1v) is 6.22. The Morgan fingerprint density at radius 3 is 3.00 bits per heavy atom. The number of hydrogen-bond donors (Lipinski definition) is 2. The maximum atomic E-state index is 9.83. The van der Waals surface area contributed by atoms with Gasteiger partial charge in [0.15, 0.2) is 5.82 Å². The maximum absolute atomic E-state index is 9.83. The van der Waals surface area contributed by atoms with Gasteiger partial charge in [-0.05, 0) is 32.1 Å². The first-order valence-electron chi connectivity index (χ1n) is 5.85. The molecule has 0 amide bonds. The van der Waals surface area contributed by atoms with Gasteiger partial charge >= 0.3 is 0 Å². The van der Waals surface area contributed by atoms with Crippen molar-refractivity contribution in [3.63, 3.8) is 0 Å². The molecule has 7 heteroatoms. The van der Waals surface area contributed by atoms with E-state index >= 15 is 0 Å². The Balaban J connectivity index is 2.26. The van der Waals surface area contributed by atoms with Gasteiger partial charge in [-0.15, -0.1) is 0 Å². The number of β-amino-alcohol motifs (C(OH)–C–C–N with tert-alkyl or cyclic N) is 1. The maximum Gasteiger partial charge on any atom is 0.224 e. The molecular formula is C11H18ClN5O. The van der Waals surface area contributed by atoms with E-state index in [-0.39, 0.29) is 17.4 Å². The lowest BCUT2D eigenvalue weighted by atomic mass is 10.2. The smallest absolute Gasteiger partial charge is 0.224 e. The number of rotatable bonds is 3. The molecule has 0 saturated carbocycles. The summed E-state index contributed by atoms with van der Waals surface area (Å²) in [5.74, 6) is 0.610. The Hall–Kier alpha value is -1.11. The third-order valence-electron chi connectivity index (χ3n) is 3.01. The van der Waals surface area contributed by atoms with E-state index in [1.165, 1.54) is 6.20 Å². The van der Waals surface area contributed by atoms with Crippen molar-refractivity contribution in [3.05, 3.63) is 11.5 Å². The van der Waals surface area contributed by atoms with Crippen LogP contribution < -0.4 is 10.6 Å². The SMILES string of the molecule is CN(C)CC1CC(O)CN1c1nc(Cl)ncc1N. The second kappa shape index (κ2) is 5.26. The fraction of sp³-hybridized carbons (Fsp3) is 0.636. The molecule has 1 saturated heterocycles. The van der Waals surface area contributed by atoms with Crippen molar-refractivity contribution < 1.29 is 5.11 Å². The number of nitrogen functional groups attached to an aromatic ring is 1. The number of likely N-dealkylation sites (N-methyl/N-ethyl adjacent to an activating group) is 1. The van der Waals surface area contributed by atoms with Gasteiger partial charge in [0.05, 0.1) is 18.0 Å². The Labute approximate surface area is 111 Å². The molecule has 2 heterocycles. The van der Waals surface area contributed by atoms with Crippen molar-refractivity contribution in [2.24, 2.45) is 0 Å². The lowest BCUT2D eigenvalue weighted by Crippen LogP contribution is -2.38. The monoisotopic (exact) mass is 271 g/mol. The molecule has 100 valence electrons. The van der Waals surface area contributed by atoms with Gasteiger partial charge in [-0.25, -0.2) is 4.98 Å². The summed E-state index contributed by atoms with van der Waals surface area (Å²) < 4.78 is 0. The molecular weight excluding hydrogens is 254 g/mol. The van der Waals surface area contributed by atoms with Gasteiger partial charge in [0.1, 0.15) is 0 Å². The zero-order chi connectivity index (χ0) is 13.3. The molecule has 0 aliphatic carbocycles. The summed E-state index contributed by atoms with van der Waals surface area (Å²) in [7, 11) is 4.00. The number of halogens is 1. The molecule has 6 nitrogen and oxygen atoms in total. The molecule has 2 rings (SSSR count). The van der Waals surface area contributed by atoms with E-state index in [0.29, 0.717) is 24.5 Å². The highest BCUT2D eigenvalue weighted by atomic mass is 35.5. The molecule has 2 unspecified atom stereocenters. The molecule has 2 atom stereocenters. The van der Waals surface area contributed by atoms with Crippen LogP contribution in [0.25, 0.3) is 0 Å². The van der Waals surface area contributed by atoms with Crippen LogP contribution in [0.4, 0.5) is 11.5 Å². The van der Waals surface area contributed by atoms with Crippen LogP contribution in [0.15, 0.2) is 6.20 Å². The Kier molecular flexibility index (Phi) is 3.89. The van der Waals surface area contributed by atoms with Crippen LogP contribution in [0, 0.1) is 0 Å². The molecule has 1 aromatic rings. The summed E-state index contributed by atoms with van der Waals surface area (Å²) in [6.45, 7) is 1.36. The largest absolute Gasteiger partial charge is 0.394 e. The molecule has 18 heavy (non-hydrogen) atoms. The van der Waals surface area contributed by atoms with E-state index in [1.807, 2.05) is 19.0 Å². The van der Waals surface area contributed by atoms with Crippen LogP contribution in [0.1, 0.15) is 6.42 Å². The quantitative estimate of drug-likeness (QED) is 0.766. The van der Waals surface area contributed by atoms with Gasteiger partial charge in [-0.3, -0.25) is 0 Å². The highest BCUT2D eigenvalue weighted by molar-refractivity contribution is 6.28. The Morgan fingerprint density at radius 1 is 1.61 bits per heavy atom. The first-order chi connectivity index (χ1) is 8.47. The van der Waals surface area contributed by atoms with Crippen LogP contribution in [-0.4, -0.2) is 59.3 Å². The lowest BCUT2D eigenvalue weighted by Gasteiger charge is -2.28. The summed E-state index contributed by atoms with van der Waals surface area (Å²) in [6.07, 6.45) is 1.85. The average Bonchev–Trinajstić information content (AvgIpc) is 2.62. The van der Waals surface area contributed by atoms with E-state index in [4.69, 9.17) is 17.3 Å². The predicted molar refractivity (Wildman–Crippen MR) is 71.8 cm³/mol. The summed E-state index contributed by atoms with van der Waals surface area (Å²) in [4.78, 5) is 12.1. The summed E-state index contributed by atoms with van der Waals surface area (Å²) >= 11 is 5.81. The fourth-order valence-corrected chi connectivity index (χ4v) is 2.47. The van der Waals surface area contributed by atoms with E-state index in [1.54, 1.807) is 0 Å². The van der Waals surface area contributed by atoms with Crippen molar-refractivity contribution in [2.75, 3.05) is 37.8 Å². The van der Waals surface area contributed by atoms with Crippen LogP contribution in [0.3, 0.4) is 0 Å². The zero-order valence-corrected chi connectivity index (χ0v) is 11.3. The van der Waals surface area contributed by atoms with Crippen LogP contribution >= 0.6 is 11.6 Å². The zero-order valence-electron chi connectivity index (χ0n) is 10.5. The van der Waals surface area contributed by atoms with Crippen molar-refractivity contribution in [1.82, 2.24) is 14.9 Å². The minimum absolute atomic E-state index is 0.171. The van der Waals surface area contributed by atoms with Crippen LogP contribution in [0.2, 0.25) is 5.28 Å². The third-order valence-corrected chi connectivity index (χ3v) is 3.19. The predicted octanol–water partition coefficient (Wildman–Crippen LogP) is 0.213. The number of aliphatic hydroxyl groups excluding tert-OH is 1. The average molecular weight is 272 g/mol. The van der Waals surface area contributed by atoms with Crippen molar-refractivity contribution in [3.8, 4) is 0 Å². The number of aromatic nitrogens is 2. The van der Waals surface area contributed by atoms with Gasteiger partial charge in [0.2, 0.25) is 5.28 Å². The highest BCUT2D eigenvalue weighted by Gasteiger charge is 2.33. The second-order valence-corrected chi connectivity index (χ2v) is 5.21. The van der Waals surface area contributed by atoms with Gasteiger partial charge in [-0.1, -0.05) is 0 Å². The molecule has 0 radical (unpaired) electrons. The lowest BCUT2D eigenvalue weighted by molar-refractivity contribution is 0.191. The minimum atomic E-state index is -0.358. The highest BCUT2D eigenvalue weighted by Crippen LogP contribution is 2.29. The second-order valence-electron chi connectivity index (χ2n) is 4.88. The van der Waals surface area contributed by atoms with Gasteiger partial charge in [0, 0.05) is 19.1 Å².